The molecule has 0 aliphatic carbocycles. The van der Waals surface area contributed by atoms with Gasteiger partial charge in [0.25, 0.3) is 0 Å². The van der Waals surface area contributed by atoms with Gasteiger partial charge in [0.05, 0.1) is 0 Å². The molecule has 3 atom stereocenters. The molecule has 3 heterocycles. The molecule has 0 spiro atoms. The quantitative estimate of drug-likeness (QED) is 0.563. The van der Waals surface area contributed by atoms with Gasteiger partial charge >= 0.3 is 0 Å². The summed E-state index contributed by atoms with van der Waals surface area (Å²) in [4.78, 5) is 4.12. The number of nitrogens with one attached hydrogen (secondary N) is 1. The van der Waals surface area contributed by atoms with Crippen LogP contribution in [0.15, 0.2) is 30.5 Å². The Balaban J connectivity index is 1.90. The minimum atomic E-state index is 0.503. The topological polar surface area (TPSA) is 24.9 Å². The number of rotatable bonds is 1. The molecule has 2 nitrogen and oxygen atoms in total. The van der Waals surface area contributed by atoms with Crippen LogP contribution in [0.5, 0.6) is 0 Å². The number of pyridine rings is 1. The van der Waals surface area contributed by atoms with Gasteiger partial charge in [0, 0.05) is 24.2 Å². The summed E-state index contributed by atoms with van der Waals surface area (Å²) in [5.41, 5.74) is 1.29. The first-order chi connectivity index (χ1) is 6.83. The Morgan fingerprint density at radius 2 is 2.29 bits per heavy atom. The molecule has 0 saturated carbocycles. The Kier molecular flexibility index (Phi) is 1.85. The minimum absolute atomic E-state index is 0.503. The van der Waals surface area contributed by atoms with Gasteiger partial charge in [-0.1, -0.05) is 29.8 Å². The molecule has 14 heavy (non-hydrogen) atoms. The summed E-state index contributed by atoms with van der Waals surface area (Å²) in [5.74, 6) is 0.578. The fourth-order valence-corrected chi connectivity index (χ4v) is 2.49. The van der Waals surface area contributed by atoms with Gasteiger partial charge in [0.1, 0.15) is 5.15 Å². The third-order valence-corrected chi connectivity index (χ3v) is 3.30. The maximum Gasteiger partial charge on any atom is 0.129 e. The predicted molar refractivity (Wildman–Crippen MR) is 56.5 cm³/mol. The summed E-state index contributed by atoms with van der Waals surface area (Å²) < 4.78 is 0. The van der Waals surface area contributed by atoms with Gasteiger partial charge < -0.3 is 5.32 Å². The molecule has 0 aromatic carbocycles. The van der Waals surface area contributed by atoms with Crippen molar-refractivity contribution in [2.75, 3.05) is 0 Å². The van der Waals surface area contributed by atoms with E-state index in [1.807, 2.05) is 12.3 Å². The minimum Gasteiger partial charge on any atom is -0.304 e. The maximum absolute atomic E-state index is 5.76. The highest BCUT2D eigenvalue weighted by molar-refractivity contribution is 6.29. The highest BCUT2D eigenvalue weighted by Gasteiger charge is 2.35. The smallest absolute Gasteiger partial charge is 0.129 e. The Morgan fingerprint density at radius 3 is 2.86 bits per heavy atom. The van der Waals surface area contributed by atoms with Gasteiger partial charge in [-0.2, -0.15) is 0 Å². The number of halogens is 1. The predicted octanol–water partition coefficient (Wildman–Crippen LogP) is 2.12. The zero-order chi connectivity index (χ0) is 9.54. The normalized spacial score (nSPS) is 33.9. The van der Waals surface area contributed by atoms with Crippen LogP contribution in [0.4, 0.5) is 0 Å². The molecule has 1 unspecified atom stereocenters. The third-order valence-electron chi connectivity index (χ3n) is 3.08. The van der Waals surface area contributed by atoms with E-state index < -0.39 is 0 Å². The van der Waals surface area contributed by atoms with Crippen molar-refractivity contribution in [2.45, 2.75) is 24.4 Å². The molecule has 72 valence electrons. The van der Waals surface area contributed by atoms with E-state index in [9.17, 15) is 0 Å². The van der Waals surface area contributed by atoms with Gasteiger partial charge in [0.15, 0.2) is 0 Å². The summed E-state index contributed by atoms with van der Waals surface area (Å²) in [6.45, 7) is 0. The van der Waals surface area contributed by atoms with E-state index in [2.05, 4.69) is 28.5 Å². The van der Waals surface area contributed by atoms with Gasteiger partial charge in [0.2, 0.25) is 0 Å². The Hall–Kier alpha value is -0.860. The van der Waals surface area contributed by atoms with Crippen LogP contribution < -0.4 is 5.32 Å². The number of aromatic nitrogens is 1. The molecule has 1 aromatic heterocycles. The van der Waals surface area contributed by atoms with Crippen LogP contribution in [0.2, 0.25) is 5.15 Å². The van der Waals surface area contributed by atoms with Crippen LogP contribution >= 0.6 is 11.6 Å². The van der Waals surface area contributed by atoms with Crippen LogP contribution in [0.25, 0.3) is 0 Å². The van der Waals surface area contributed by atoms with Crippen molar-refractivity contribution in [2.24, 2.45) is 0 Å². The second-order valence-electron chi connectivity index (χ2n) is 3.94. The van der Waals surface area contributed by atoms with Crippen LogP contribution in [-0.2, 0) is 0 Å². The molecule has 1 aromatic rings. The summed E-state index contributed by atoms with van der Waals surface area (Å²) >= 11 is 5.76. The molecule has 3 heteroatoms. The molecule has 2 aliphatic heterocycles. The second kappa shape index (κ2) is 3.07. The molecular weight excluding hydrogens is 196 g/mol. The van der Waals surface area contributed by atoms with Gasteiger partial charge in [-0.15, -0.1) is 0 Å². The fourth-order valence-electron chi connectivity index (χ4n) is 2.38. The first-order valence-corrected chi connectivity index (χ1v) is 5.26. The van der Waals surface area contributed by atoms with Crippen molar-refractivity contribution in [1.82, 2.24) is 10.3 Å². The number of hydrogen-bond acceptors (Lipinski definition) is 2. The summed E-state index contributed by atoms with van der Waals surface area (Å²) in [6, 6.07) is 5.02. The first kappa shape index (κ1) is 8.45. The van der Waals surface area contributed by atoms with E-state index in [0.717, 1.165) is 0 Å². The van der Waals surface area contributed by atoms with E-state index in [-0.39, 0.29) is 0 Å². The van der Waals surface area contributed by atoms with Crippen molar-refractivity contribution in [3.8, 4) is 0 Å². The molecule has 1 saturated heterocycles. The number of nitrogens with zero attached hydrogens (tertiary/aromatic N) is 1. The van der Waals surface area contributed by atoms with Crippen molar-refractivity contribution < 1.29 is 0 Å². The van der Waals surface area contributed by atoms with Crippen molar-refractivity contribution >= 4 is 11.6 Å². The molecule has 0 amide bonds. The molecular formula is C11H11ClN2. The van der Waals surface area contributed by atoms with Gasteiger partial charge in [-0.3, -0.25) is 0 Å². The summed E-state index contributed by atoms with van der Waals surface area (Å²) in [7, 11) is 0. The average molecular weight is 207 g/mol. The van der Waals surface area contributed by atoms with E-state index in [1.165, 1.54) is 12.0 Å². The Morgan fingerprint density at radius 1 is 1.36 bits per heavy atom. The standard InChI is InChI=1S/C11H11ClN2/c12-11-4-1-7(6-13-11)9-5-8-2-3-10(9)14-8/h1-4,6,8-10,14H,5H2/t8-,9?,10-/m1/s1. The molecule has 3 rings (SSSR count). The zero-order valence-electron chi connectivity index (χ0n) is 7.65. The monoisotopic (exact) mass is 206 g/mol. The highest BCUT2D eigenvalue weighted by Crippen LogP contribution is 2.35. The van der Waals surface area contributed by atoms with Crippen LogP contribution in [0, 0.1) is 0 Å². The lowest BCUT2D eigenvalue weighted by Gasteiger charge is -2.16. The lowest BCUT2D eigenvalue weighted by atomic mass is 9.89. The lowest BCUT2D eigenvalue weighted by Crippen LogP contribution is -2.22. The molecule has 2 bridgehead atoms. The third kappa shape index (κ3) is 1.26. The highest BCUT2D eigenvalue weighted by atomic mass is 35.5. The van der Waals surface area contributed by atoms with Gasteiger partial charge in [-0.05, 0) is 18.1 Å². The molecule has 2 aliphatic rings. The Bertz CT molecular complexity index is 371. The molecule has 0 radical (unpaired) electrons. The first-order valence-electron chi connectivity index (χ1n) is 4.89. The molecule has 1 fully saturated rings. The van der Waals surface area contributed by atoms with Crippen LogP contribution in [0.1, 0.15) is 17.9 Å². The van der Waals surface area contributed by atoms with Crippen LogP contribution in [0.3, 0.4) is 0 Å². The van der Waals surface area contributed by atoms with E-state index in [1.54, 1.807) is 0 Å². The van der Waals surface area contributed by atoms with E-state index in [4.69, 9.17) is 11.6 Å². The average Bonchev–Trinajstić information content (AvgIpc) is 2.80. The van der Waals surface area contributed by atoms with Crippen molar-refractivity contribution in [3.63, 3.8) is 0 Å². The SMILES string of the molecule is Clc1ccc(C2C[C@H]3C=C[C@H]2N3)cn1. The van der Waals surface area contributed by atoms with E-state index in [0.29, 0.717) is 23.2 Å². The zero-order valence-corrected chi connectivity index (χ0v) is 8.41. The lowest BCUT2D eigenvalue weighted by molar-refractivity contribution is 0.651. The van der Waals surface area contributed by atoms with Gasteiger partial charge in [-0.25, -0.2) is 4.98 Å². The summed E-state index contributed by atoms with van der Waals surface area (Å²) in [6.07, 6.45) is 7.59. The maximum atomic E-state index is 5.76. The van der Waals surface area contributed by atoms with Crippen LogP contribution in [-0.4, -0.2) is 17.1 Å². The second-order valence-corrected chi connectivity index (χ2v) is 4.33. The Labute approximate surface area is 88.0 Å². The summed E-state index contributed by atoms with van der Waals surface area (Å²) in [5, 5.41) is 4.09. The van der Waals surface area contributed by atoms with E-state index >= 15 is 0 Å². The molecule has 1 N–H and O–H groups in total. The number of hydrogen-bond donors (Lipinski definition) is 1. The van der Waals surface area contributed by atoms with Crippen molar-refractivity contribution in [3.05, 3.63) is 41.2 Å². The van der Waals surface area contributed by atoms with Crippen molar-refractivity contribution in [1.29, 1.82) is 0 Å². The largest absolute Gasteiger partial charge is 0.304 e. The number of fused-ring (bicyclic) bond motifs is 2. The fraction of sp³-hybridized carbons (Fsp3) is 0.364.